The van der Waals surface area contributed by atoms with E-state index in [-0.39, 0.29) is 5.41 Å². The first-order valence-corrected chi connectivity index (χ1v) is 20.8. The highest BCUT2D eigenvalue weighted by Gasteiger charge is 2.38. The summed E-state index contributed by atoms with van der Waals surface area (Å²) in [6, 6.07) is 76.9. The van der Waals surface area contributed by atoms with E-state index in [1.807, 2.05) is 0 Å². The molecule has 59 heavy (non-hydrogen) atoms. The van der Waals surface area contributed by atoms with Gasteiger partial charge in [0.15, 0.2) is 0 Å². The molecule has 11 aromatic rings. The molecule has 0 unspecified atom stereocenters. The van der Waals surface area contributed by atoms with Crippen LogP contribution in [0.25, 0.3) is 109 Å². The van der Waals surface area contributed by atoms with Crippen LogP contribution in [0.4, 0.5) is 0 Å². The fraction of sp³-hybridized carbons (Fsp3) is 0.0508. The average Bonchev–Trinajstić information content (AvgIpc) is 3.54. The first-order valence-electron chi connectivity index (χ1n) is 20.8. The minimum atomic E-state index is -0.0940. The lowest BCUT2D eigenvalue weighted by molar-refractivity contribution is 0.661. The van der Waals surface area contributed by atoms with Gasteiger partial charge in [0.25, 0.3) is 0 Å². The van der Waals surface area contributed by atoms with Crippen LogP contribution in [-0.2, 0) is 5.41 Å². The van der Waals surface area contributed by atoms with Gasteiger partial charge in [-0.05, 0) is 139 Å². The van der Waals surface area contributed by atoms with Crippen molar-refractivity contribution in [2.75, 3.05) is 0 Å². The molecule has 0 aromatic heterocycles. The molecule has 276 valence electrons. The van der Waals surface area contributed by atoms with Gasteiger partial charge in [-0.15, -0.1) is 0 Å². The lowest BCUT2D eigenvalue weighted by Gasteiger charge is -2.22. The van der Waals surface area contributed by atoms with E-state index >= 15 is 0 Å². The van der Waals surface area contributed by atoms with Crippen LogP contribution in [0.1, 0.15) is 25.0 Å². The van der Waals surface area contributed by atoms with Crippen molar-refractivity contribution < 1.29 is 0 Å². The second-order valence-electron chi connectivity index (χ2n) is 16.8. The molecule has 0 radical (unpaired) electrons. The number of rotatable bonds is 4. The number of hydrogen-bond acceptors (Lipinski definition) is 0. The van der Waals surface area contributed by atoms with Gasteiger partial charge >= 0.3 is 0 Å². The minimum Gasteiger partial charge on any atom is -0.0616 e. The van der Waals surface area contributed by atoms with Crippen molar-refractivity contribution in [1.29, 1.82) is 0 Å². The molecule has 0 aliphatic heterocycles. The van der Waals surface area contributed by atoms with E-state index in [0.29, 0.717) is 0 Å². The summed E-state index contributed by atoms with van der Waals surface area (Å²) in [6.07, 6.45) is 0. The summed E-state index contributed by atoms with van der Waals surface area (Å²) in [4.78, 5) is 0. The van der Waals surface area contributed by atoms with Crippen molar-refractivity contribution >= 4 is 53.9 Å². The molecule has 0 saturated heterocycles. The molecule has 12 rings (SSSR count). The standard InChI is InChI=1S/C59H40/c1-59(2)53-31-15-30-45(58(53)57-44-23-6-3-16-37(44)32-33-54(57)59)38-18-13-20-41(34-38)55-48-26-9-11-28-50(48)56(51-29-12-10-27-49(51)55)42-21-14-19-39(35-42)52-36-40-17-4-5-22-43(40)46-24-7-8-25-47(46)52/h3-36H,1-2H3. The Hall–Kier alpha value is -7.28. The van der Waals surface area contributed by atoms with Crippen molar-refractivity contribution in [1.82, 2.24) is 0 Å². The molecule has 0 saturated carbocycles. The van der Waals surface area contributed by atoms with Crippen molar-refractivity contribution in [3.8, 4) is 55.6 Å². The van der Waals surface area contributed by atoms with Gasteiger partial charge in [-0.1, -0.05) is 202 Å². The smallest absolute Gasteiger partial charge is 0.0159 e. The highest BCUT2D eigenvalue weighted by Crippen LogP contribution is 2.55. The van der Waals surface area contributed by atoms with Gasteiger partial charge in [-0.3, -0.25) is 0 Å². The zero-order valence-electron chi connectivity index (χ0n) is 33.1. The SMILES string of the molecule is CC1(C)c2cccc(-c3cccc(-c4c5ccccc5c(-c5cccc(-c6cc7ccccc7c7ccccc67)c5)c5ccccc45)c3)c2-c2c1ccc1ccccc21. The van der Waals surface area contributed by atoms with Crippen molar-refractivity contribution in [2.45, 2.75) is 19.3 Å². The van der Waals surface area contributed by atoms with E-state index in [1.54, 1.807) is 0 Å². The summed E-state index contributed by atoms with van der Waals surface area (Å²) in [6.45, 7) is 4.76. The van der Waals surface area contributed by atoms with Gasteiger partial charge in [0, 0.05) is 5.41 Å². The Bertz CT molecular complexity index is 3470. The van der Waals surface area contributed by atoms with E-state index in [2.05, 4.69) is 220 Å². The Morgan fingerprint density at radius 1 is 0.254 bits per heavy atom. The van der Waals surface area contributed by atoms with E-state index in [9.17, 15) is 0 Å². The van der Waals surface area contributed by atoms with Gasteiger partial charge in [0.1, 0.15) is 0 Å². The molecule has 1 aliphatic carbocycles. The van der Waals surface area contributed by atoms with Crippen LogP contribution in [-0.4, -0.2) is 0 Å². The second kappa shape index (κ2) is 12.9. The fourth-order valence-electron chi connectivity index (χ4n) is 10.5. The minimum absolute atomic E-state index is 0.0940. The summed E-state index contributed by atoms with van der Waals surface area (Å²) >= 11 is 0. The second-order valence-corrected chi connectivity index (χ2v) is 16.8. The molecule has 0 atom stereocenters. The van der Waals surface area contributed by atoms with Crippen LogP contribution < -0.4 is 0 Å². The average molecular weight is 749 g/mol. The van der Waals surface area contributed by atoms with Gasteiger partial charge in [0.05, 0.1) is 0 Å². The highest BCUT2D eigenvalue weighted by molar-refractivity contribution is 6.22. The molecule has 0 spiro atoms. The van der Waals surface area contributed by atoms with Gasteiger partial charge < -0.3 is 0 Å². The maximum Gasteiger partial charge on any atom is 0.0159 e. The highest BCUT2D eigenvalue weighted by atomic mass is 14.4. The van der Waals surface area contributed by atoms with Crippen LogP contribution in [0.2, 0.25) is 0 Å². The first kappa shape index (κ1) is 33.8. The number of fused-ring (bicyclic) bond motifs is 10. The zero-order chi connectivity index (χ0) is 39.2. The van der Waals surface area contributed by atoms with Gasteiger partial charge in [-0.2, -0.15) is 0 Å². The third kappa shape index (κ3) is 5.03. The molecule has 0 bridgehead atoms. The molecule has 0 fully saturated rings. The Kier molecular flexibility index (Phi) is 7.38. The van der Waals surface area contributed by atoms with Crippen LogP contribution in [0.3, 0.4) is 0 Å². The fourth-order valence-corrected chi connectivity index (χ4v) is 10.5. The Balaban J connectivity index is 1.06. The summed E-state index contributed by atoms with van der Waals surface area (Å²) in [5, 5.41) is 12.8. The Morgan fingerprint density at radius 2 is 0.712 bits per heavy atom. The first-order chi connectivity index (χ1) is 29.0. The van der Waals surface area contributed by atoms with Gasteiger partial charge in [-0.25, -0.2) is 0 Å². The summed E-state index contributed by atoms with van der Waals surface area (Å²) in [5.74, 6) is 0. The van der Waals surface area contributed by atoms with Crippen LogP contribution in [0.15, 0.2) is 206 Å². The summed E-state index contributed by atoms with van der Waals surface area (Å²) in [5.41, 5.74) is 15.5. The molecule has 0 heterocycles. The predicted molar refractivity (Wildman–Crippen MR) is 253 cm³/mol. The maximum atomic E-state index is 2.44. The zero-order valence-corrected chi connectivity index (χ0v) is 33.1. The lowest BCUT2D eigenvalue weighted by atomic mass is 9.81. The van der Waals surface area contributed by atoms with E-state index in [0.717, 1.165) is 0 Å². The molecule has 0 N–H and O–H groups in total. The van der Waals surface area contributed by atoms with Crippen LogP contribution >= 0.6 is 0 Å². The molecule has 0 nitrogen and oxygen atoms in total. The molecule has 11 aromatic carbocycles. The monoisotopic (exact) mass is 748 g/mol. The lowest BCUT2D eigenvalue weighted by Crippen LogP contribution is -2.14. The van der Waals surface area contributed by atoms with Crippen molar-refractivity contribution in [3.63, 3.8) is 0 Å². The molecule has 1 aliphatic rings. The van der Waals surface area contributed by atoms with Crippen LogP contribution in [0, 0.1) is 0 Å². The van der Waals surface area contributed by atoms with E-state index < -0.39 is 0 Å². The third-order valence-electron chi connectivity index (χ3n) is 13.2. The Labute approximate surface area is 344 Å². The maximum absolute atomic E-state index is 2.44. The van der Waals surface area contributed by atoms with Gasteiger partial charge in [0.2, 0.25) is 0 Å². The van der Waals surface area contributed by atoms with Crippen molar-refractivity contribution in [2.24, 2.45) is 0 Å². The van der Waals surface area contributed by atoms with Crippen molar-refractivity contribution in [3.05, 3.63) is 217 Å². The number of hydrogen-bond donors (Lipinski definition) is 0. The van der Waals surface area contributed by atoms with E-state index in [1.165, 1.54) is 121 Å². The third-order valence-corrected chi connectivity index (χ3v) is 13.2. The van der Waals surface area contributed by atoms with Crippen LogP contribution in [0.5, 0.6) is 0 Å². The predicted octanol–water partition coefficient (Wildman–Crippen LogP) is 16.4. The molecule has 0 amide bonds. The molecular formula is C59H40. The normalized spacial score (nSPS) is 13.1. The quantitative estimate of drug-likeness (QED) is 0.124. The Morgan fingerprint density at radius 3 is 1.34 bits per heavy atom. The molecule has 0 heteroatoms. The number of benzene rings is 11. The molecular weight excluding hydrogens is 709 g/mol. The largest absolute Gasteiger partial charge is 0.0616 e. The summed E-state index contributed by atoms with van der Waals surface area (Å²) in [7, 11) is 0. The topological polar surface area (TPSA) is 0 Å². The van der Waals surface area contributed by atoms with E-state index in [4.69, 9.17) is 0 Å². The summed E-state index contributed by atoms with van der Waals surface area (Å²) < 4.78 is 0.